The Morgan fingerprint density at radius 3 is 1.62 bits per heavy atom. The Morgan fingerprint density at radius 2 is 1.10 bits per heavy atom. The summed E-state index contributed by atoms with van der Waals surface area (Å²) in [5.74, 6) is -1.46. The van der Waals surface area contributed by atoms with Gasteiger partial charge in [0.15, 0.2) is 0 Å². The van der Waals surface area contributed by atoms with E-state index in [4.69, 9.17) is 0 Å². The van der Waals surface area contributed by atoms with Crippen LogP contribution >= 0.6 is 0 Å². The summed E-state index contributed by atoms with van der Waals surface area (Å²) in [7, 11) is 0. The van der Waals surface area contributed by atoms with Crippen molar-refractivity contribution >= 4 is 30.5 Å². The average Bonchev–Trinajstić information content (AvgIpc) is 2.54. The minimum absolute atomic E-state index is 0.551. The zero-order valence-corrected chi connectivity index (χ0v) is 14.1. The van der Waals surface area contributed by atoms with Gasteiger partial charge in [0.05, 0.1) is 0 Å². The van der Waals surface area contributed by atoms with Crippen LogP contribution in [0.1, 0.15) is 0 Å². The van der Waals surface area contributed by atoms with Crippen LogP contribution in [0.4, 0.5) is 8.78 Å². The Hall–Kier alpha value is -1.68. The first-order valence-corrected chi connectivity index (χ1v) is 11.0. The third-order valence-electron chi connectivity index (χ3n) is 3.35. The molecule has 21 heavy (non-hydrogen) atoms. The molecule has 0 aliphatic heterocycles. The first kappa shape index (κ1) is 14.3. The monoisotopic (exact) mass is 387 g/mol. The molecule has 3 aromatic carbocycles. The maximum absolute atomic E-state index is 14.3. The van der Waals surface area contributed by atoms with Gasteiger partial charge in [0.1, 0.15) is 0 Å². The molecule has 0 atom stereocenters. The second kappa shape index (κ2) is 6.39. The van der Waals surface area contributed by atoms with Crippen molar-refractivity contribution in [3.8, 4) is 0 Å². The molecule has 0 bridgehead atoms. The fourth-order valence-corrected chi connectivity index (χ4v) is 9.83. The molecule has 0 fully saturated rings. The molecule has 0 aliphatic rings. The van der Waals surface area contributed by atoms with Gasteiger partial charge in [-0.25, -0.2) is 0 Å². The molecule has 0 N–H and O–H groups in total. The van der Waals surface area contributed by atoms with E-state index >= 15 is 0 Å². The fraction of sp³-hybridized carbons (Fsp3) is 0. The van der Waals surface area contributed by atoms with Crippen LogP contribution in [0, 0.1) is 11.6 Å². The van der Waals surface area contributed by atoms with Crippen LogP contribution in [0.25, 0.3) is 0 Å². The van der Waals surface area contributed by atoms with Gasteiger partial charge in [0.25, 0.3) is 0 Å². The topological polar surface area (TPSA) is 0 Å². The van der Waals surface area contributed by atoms with Gasteiger partial charge in [0, 0.05) is 0 Å². The summed E-state index contributed by atoms with van der Waals surface area (Å²) < 4.78 is 30.7. The van der Waals surface area contributed by atoms with Gasteiger partial charge >= 0.3 is 130 Å². The minimum atomic E-state index is -2.69. The number of hydrogen-bond donors (Lipinski definition) is 0. The van der Waals surface area contributed by atoms with E-state index in [1.54, 1.807) is 12.1 Å². The molecule has 0 saturated carbocycles. The van der Waals surface area contributed by atoms with Crippen molar-refractivity contribution in [2.24, 2.45) is 0 Å². The first-order valence-electron chi connectivity index (χ1n) is 6.69. The van der Waals surface area contributed by atoms with Gasteiger partial charge in [-0.15, -0.1) is 0 Å². The summed E-state index contributed by atoms with van der Waals surface area (Å²) in [5, 5.41) is 0. The van der Waals surface area contributed by atoms with E-state index in [2.05, 4.69) is 0 Å². The molecule has 3 rings (SSSR count). The Kier molecular flexibility index (Phi) is 4.34. The predicted octanol–water partition coefficient (Wildman–Crippen LogP) is 2.48. The normalized spacial score (nSPS) is 10.4. The molecular formula is C18H13F2Sn+. The molecule has 0 unspecified atom stereocenters. The van der Waals surface area contributed by atoms with Gasteiger partial charge in [-0.05, 0) is 0 Å². The van der Waals surface area contributed by atoms with Crippen LogP contribution in [-0.4, -0.2) is 19.8 Å². The van der Waals surface area contributed by atoms with Crippen LogP contribution in [-0.2, 0) is 0 Å². The SMILES string of the molecule is Fc1ccc[c]([Sn+]([c]2ccccc2)[c]2ccccc2)c1F. The van der Waals surface area contributed by atoms with Crippen LogP contribution in [0.2, 0.25) is 0 Å². The molecule has 0 aliphatic carbocycles. The van der Waals surface area contributed by atoms with E-state index < -0.39 is 31.4 Å². The van der Waals surface area contributed by atoms with Gasteiger partial charge in [-0.3, -0.25) is 0 Å². The fourth-order valence-electron chi connectivity index (χ4n) is 2.38. The molecule has 0 spiro atoms. The molecule has 0 radical (unpaired) electrons. The number of benzene rings is 3. The summed E-state index contributed by atoms with van der Waals surface area (Å²) >= 11 is -2.69. The van der Waals surface area contributed by atoms with Gasteiger partial charge in [0.2, 0.25) is 0 Å². The quantitative estimate of drug-likeness (QED) is 0.607. The van der Waals surface area contributed by atoms with E-state index in [-0.39, 0.29) is 0 Å². The molecule has 3 heteroatoms. The van der Waals surface area contributed by atoms with E-state index in [0.717, 1.165) is 7.16 Å². The van der Waals surface area contributed by atoms with E-state index in [1.165, 1.54) is 6.07 Å². The summed E-state index contributed by atoms with van der Waals surface area (Å²) in [6.07, 6.45) is 0. The first-order chi connectivity index (χ1) is 10.3. The van der Waals surface area contributed by atoms with Gasteiger partial charge in [-0.2, -0.15) is 0 Å². The van der Waals surface area contributed by atoms with Gasteiger partial charge < -0.3 is 0 Å². The second-order valence-electron chi connectivity index (χ2n) is 4.71. The number of halogens is 2. The zero-order valence-electron chi connectivity index (χ0n) is 11.3. The van der Waals surface area contributed by atoms with Crippen LogP contribution in [0.15, 0.2) is 78.9 Å². The van der Waals surface area contributed by atoms with Crippen LogP contribution < -0.4 is 10.7 Å². The molecule has 0 heterocycles. The summed E-state index contributed by atoms with van der Waals surface area (Å²) in [4.78, 5) is 0. The molecule has 102 valence electrons. The molecule has 3 aromatic rings. The summed E-state index contributed by atoms with van der Waals surface area (Å²) in [6, 6.07) is 24.3. The van der Waals surface area contributed by atoms with Crippen LogP contribution in [0.5, 0.6) is 0 Å². The Morgan fingerprint density at radius 1 is 0.571 bits per heavy atom. The number of rotatable bonds is 3. The molecule has 0 amide bonds. The van der Waals surface area contributed by atoms with Crippen molar-refractivity contribution in [3.05, 3.63) is 90.5 Å². The summed E-state index contributed by atoms with van der Waals surface area (Å²) in [6.45, 7) is 0. The Bertz CT molecular complexity index is 687. The second-order valence-corrected chi connectivity index (χ2v) is 11.7. The van der Waals surface area contributed by atoms with E-state index in [1.807, 2.05) is 60.7 Å². The van der Waals surface area contributed by atoms with Crippen molar-refractivity contribution in [3.63, 3.8) is 0 Å². The Balaban J connectivity index is 2.20. The molecule has 0 nitrogen and oxygen atoms in total. The van der Waals surface area contributed by atoms with Crippen molar-refractivity contribution in [1.29, 1.82) is 0 Å². The standard InChI is InChI=1S/C6H3F2.2C6H5.Sn/c7-5-3-1-2-4-6(5)8;2*1-2-4-6-5-3-1;/h1-3H;2*1-5H;/q;;;+1. The maximum atomic E-state index is 14.3. The zero-order chi connectivity index (χ0) is 14.7. The summed E-state index contributed by atoms with van der Waals surface area (Å²) in [5.41, 5.74) is 0. The molecule has 0 aromatic heterocycles. The number of hydrogen-bond acceptors (Lipinski definition) is 0. The van der Waals surface area contributed by atoms with Gasteiger partial charge in [-0.1, -0.05) is 0 Å². The van der Waals surface area contributed by atoms with Crippen LogP contribution in [0.3, 0.4) is 0 Å². The van der Waals surface area contributed by atoms with Crippen molar-refractivity contribution < 1.29 is 8.78 Å². The predicted molar refractivity (Wildman–Crippen MR) is 83.9 cm³/mol. The van der Waals surface area contributed by atoms with Crippen molar-refractivity contribution in [2.75, 3.05) is 0 Å². The van der Waals surface area contributed by atoms with Crippen molar-refractivity contribution in [1.82, 2.24) is 0 Å². The van der Waals surface area contributed by atoms with Crippen molar-refractivity contribution in [2.45, 2.75) is 0 Å². The average molecular weight is 386 g/mol. The van der Waals surface area contributed by atoms with E-state index in [9.17, 15) is 8.78 Å². The van der Waals surface area contributed by atoms with E-state index in [0.29, 0.717) is 3.58 Å². The Labute approximate surface area is 129 Å². The third-order valence-corrected chi connectivity index (χ3v) is 11.2. The third kappa shape index (κ3) is 3.00. The molecule has 0 saturated heterocycles. The molecular weight excluding hydrogens is 373 g/mol.